The van der Waals surface area contributed by atoms with Crippen molar-refractivity contribution in [2.24, 2.45) is 4.99 Å². The summed E-state index contributed by atoms with van der Waals surface area (Å²) in [5.41, 5.74) is 2.74. The topological polar surface area (TPSA) is 29.4 Å². The number of carbonyl (C=O) groups excluding carboxylic acids is 1. The van der Waals surface area contributed by atoms with Crippen LogP contribution in [0, 0.1) is 0 Å². The zero-order valence-corrected chi connectivity index (χ0v) is 7.84. The van der Waals surface area contributed by atoms with E-state index in [0.717, 1.165) is 16.5 Å². The van der Waals surface area contributed by atoms with Gasteiger partial charge in [0, 0.05) is 17.1 Å². The summed E-state index contributed by atoms with van der Waals surface area (Å²) < 4.78 is 0. The Balaban J connectivity index is 2.55. The number of benzene rings is 1. The molecule has 2 nitrogen and oxygen atoms in total. The van der Waals surface area contributed by atoms with Crippen LogP contribution in [0.4, 0.5) is 0 Å². The third-order valence-corrected chi connectivity index (χ3v) is 2.47. The number of fused-ring (bicyclic) bond motifs is 1. The molecular weight excluding hydrogens is 218 g/mol. The number of halogens is 1. The van der Waals surface area contributed by atoms with Crippen molar-refractivity contribution in [2.45, 2.75) is 5.33 Å². The number of alkyl halides is 1. The van der Waals surface area contributed by atoms with Gasteiger partial charge in [0.2, 0.25) is 0 Å². The first-order chi connectivity index (χ1) is 5.81. The molecule has 0 radical (unpaired) electrons. The van der Waals surface area contributed by atoms with Crippen LogP contribution >= 0.6 is 15.9 Å². The average Bonchev–Trinajstić information content (AvgIpc) is 2.47. The van der Waals surface area contributed by atoms with E-state index in [-0.39, 0.29) is 5.91 Å². The molecular formula is C9H6BrNO. The van der Waals surface area contributed by atoms with E-state index in [2.05, 4.69) is 20.9 Å². The maximum absolute atomic E-state index is 11.1. The van der Waals surface area contributed by atoms with Gasteiger partial charge >= 0.3 is 0 Å². The predicted molar refractivity (Wildman–Crippen MR) is 51.0 cm³/mol. The monoisotopic (exact) mass is 223 g/mol. The maximum atomic E-state index is 11.1. The molecule has 0 N–H and O–H groups in total. The lowest BCUT2D eigenvalue weighted by molar-refractivity contribution is 0.101. The fourth-order valence-corrected chi connectivity index (χ4v) is 1.53. The lowest BCUT2D eigenvalue weighted by Gasteiger charge is -1.97. The van der Waals surface area contributed by atoms with E-state index in [1.54, 1.807) is 6.21 Å². The first kappa shape index (κ1) is 7.68. The van der Waals surface area contributed by atoms with Gasteiger partial charge in [-0.15, -0.1) is 0 Å². The van der Waals surface area contributed by atoms with Gasteiger partial charge in [-0.1, -0.05) is 28.1 Å². The minimum Gasteiger partial charge on any atom is -0.267 e. The molecule has 0 unspecified atom stereocenters. The van der Waals surface area contributed by atoms with E-state index in [9.17, 15) is 4.79 Å². The number of nitrogens with zero attached hydrogens (tertiary/aromatic N) is 1. The summed E-state index contributed by atoms with van der Waals surface area (Å²) in [4.78, 5) is 14.8. The summed E-state index contributed by atoms with van der Waals surface area (Å²) in [6.07, 6.45) is 1.61. The number of amides is 1. The van der Waals surface area contributed by atoms with Gasteiger partial charge in [-0.05, 0) is 11.6 Å². The Hall–Kier alpha value is -0.960. The van der Waals surface area contributed by atoms with Crippen molar-refractivity contribution in [1.29, 1.82) is 0 Å². The molecule has 1 aromatic carbocycles. The Morgan fingerprint density at radius 2 is 2.25 bits per heavy atom. The maximum Gasteiger partial charge on any atom is 0.277 e. The van der Waals surface area contributed by atoms with Crippen LogP contribution < -0.4 is 0 Å². The number of hydrogen-bond donors (Lipinski definition) is 0. The highest BCUT2D eigenvalue weighted by Crippen LogP contribution is 2.17. The molecule has 1 aliphatic heterocycles. The van der Waals surface area contributed by atoms with Crippen LogP contribution in [0.2, 0.25) is 0 Å². The molecule has 0 spiro atoms. The zero-order valence-electron chi connectivity index (χ0n) is 6.25. The van der Waals surface area contributed by atoms with E-state index in [4.69, 9.17) is 0 Å². The lowest BCUT2D eigenvalue weighted by Crippen LogP contribution is -1.92. The Bertz CT molecular complexity index is 371. The normalized spacial score (nSPS) is 13.6. The van der Waals surface area contributed by atoms with Crippen molar-refractivity contribution in [3.05, 3.63) is 34.9 Å². The molecule has 0 aliphatic carbocycles. The Labute approximate surface area is 78.4 Å². The Morgan fingerprint density at radius 1 is 1.42 bits per heavy atom. The summed E-state index contributed by atoms with van der Waals surface area (Å²) in [6, 6.07) is 5.78. The van der Waals surface area contributed by atoms with E-state index < -0.39 is 0 Å². The molecule has 1 aliphatic rings. The van der Waals surface area contributed by atoms with Gasteiger partial charge in [-0.25, -0.2) is 4.99 Å². The van der Waals surface area contributed by atoms with E-state index in [0.29, 0.717) is 5.56 Å². The highest BCUT2D eigenvalue weighted by atomic mass is 79.9. The number of aliphatic imine (C=N–C) groups is 1. The molecule has 0 saturated carbocycles. The molecule has 3 heteroatoms. The second kappa shape index (κ2) is 2.83. The SMILES string of the molecule is O=C1N=Cc2ccc(CBr)cc21. The van der Waals surface area contributed by atoms with Gasteiger partial charge < -0.3 is 0 Å². The first-order valence-corrected chi connectivity index (χ1v) is 4.70. The molecule has 1 heterocycles. The minimum atomic E-state index is -0.132. The fourth-order valence-electron chi connectivity index (χ4n) is 1.18. The van der Waals surface area contributed by atoms with Gasteiger partial charge in [0.15, 0.2) is 0 Å². The third kappa shape index (κ3) is 1.10. The number of rotatable bonds is 1. The zero-order chi connectivity index (χ0) is 8.55. The summed E-state index contributed by atoms with van der Waals surface area (Å²) in [6.45, 7) is 0. The largest absolute Gasteiger partial charge is 0.277 e. The third-order valence-electron chi connectivity index (χ3n) is 1.82. The standard InChI is InChI=1S/C9H6BrNO/c10-4-6-1-2-7-5-11-9(12)8(7)3-6/h1-3,5H,4H2. The molecule has 1 aromatic rings. The molecule has 0 bridgehead atoms. The summed E-state index contributed by atoms with van der Waals surface area (Å²) in [5.74, 6) is -0.132. The van der Waals surface area contributed by atoms with Crippen LogP contribution in [-0.4, -0.2) is 12.1 Å². The van der Waals surface area contributed by atoms with Crippen molar-refractivity contribution in [3.63, 3.8) is 0 Å². The second-order valence-corrected chi connectivity index (χ2v) is 3.18. The van der Waals surface area contributed by atoms with Crippen LogP contribution in [0.1, 0.15) is 21.5 Å². The van der Waals surface area contributed by atoms with Gasteiger partial charge in [0.05, 0.1) is 5.56 Å². The number of hydrogen-bond acceptors (Lipinski definition) is 1. The van der Waals surface area contributed by atoms with E-state index >= 15 is 0 Å². The van der Waals surface area contributed by atoms with Gasteiger partial charge in [-0.2, -0.15) is 0 Å². The van der Waals surface area contributed by atoms with Gasteiger partial charge in [0.1, 0.15) is 0 Å². The highest BCUT2D eigenvalue weighted by Gasteiger charge is 2.14. The Kier molecular flexibility index (Phi) is 1.81. The smallest absolute Gasteiger partial charge is 0.267 e. The van der Waals surface area contributed by atoms with Crippen LogP contribution in [0.5, 0.6) is 0 Å². The van der Waals surface area contributed by atoms with Crippen molar-refractivity contribution in [1.82, 2.24) is 0 Å². The fraction of sp³-hybridized carbons (Fsp3) is 0.111. The van der Waals surface area contributed by atoms with Crippen molar-refractivity contribution in [2.75, 3.05) is 0 Å². The predicted octanol–water partition coefficient (Wildman–Crippen LogP) is 2.15. The lowest BCUT2D eigenvalue weighted by atomic mass is 10.1. The van der Waals surface area contributed by atoms with Gasteiger partial charge in [-0.3, -0.25) is 4.79 Å². The molecule has 60 valence electrons. The Morgan fingerprint density at radius 3 is 3.00 bits per heavy atom. The summed E-state index contributed by atoms with van der Waals surface area (Å²) >= 11 is 3.33. The van der Waals surface area contributed by atoms with Gasteiger partial charge in [0.25, 0.3) is 5.91 Å². The average molecular weight is 224 g/mol. The van der Waals surface area contributed by atoms with E-state index in [1.165, 1.54) is 0 Å². The van der Waals surface area contributed by atoms with Crippen LogP contribution in [-0.2, 0) is 5.33 Å². The first-order valence-electron chi connectivity index (χ1n) is 3.58. The molecule has 0 fully saturated rings. The van der Waals surface area contributed by atoms with Crippen molar-refractivity contribution < 1.29 is 4.79 Å². The second-order valence-electron chi connectivity index (χ2n) is 2.62. The minimum absolute atomic E-state index is 0.132. The highest BCUT2D eigenvalue weighted by molar-refractivity contribution is 9.08. The van der Waals surface area contributed by atoms with E-state index in [1.807, 2.05) is 18.2 Å². The van der Waals surface area contributed by atoms with Crippen LogP contribution in [0.15, 0.2) is 23.2 Å². The molecule has 1 amide bonds. The summed E-state index contributed by atoms with van der Waals surface area (Å²) in [7, 11) is 0. The number of carbonyl (C=O) groups is 1. The van der Waals surface area contributed by atoms with Crippen molar-refractivity contribution in [3.8, 4) is 0 Å². The molecule has 0 atom stereocenters. The molecule has 0 saturated heterocycles. The molecule has 2 rings (SSSR count). The quantitative estimate of drug-likeness (QED) is 0.672. The molecule has 12 heavy (non-hydrogen) atoms. The van der Waals surface area contributed by atoms with Crippen molar-refractivity contribution >= 4 is 28.1 Å². The summed E-state index contributed by atoms with van der Waals surface area (Å²) in [5, 5.41) is 0.771. The van der Waals surface area contributed by atoms with Crippen LogP contribution in [0.3, 0.4) is 0 Å². The van der Waals surface area contributed by atoms with Crippen LogP contribution in [0.25, 0.3) is 0 Å². The molecule has 0 aromatic heterocycles.